The van der Waals surface area contributed by atoms with Crippen LogP contribution in [-0.2, 0) is 9.47 Å². The topological polar surface area (TPSA) is 58.9 Å². The van der Waals surface area contributed by atoms with Gasteiger partial charge in [0.1, 0.15) is 0 Å². The SMILES string of the molecule is CC(C)=C[C@@H]1C[C@](C)(O)[C@@H]2[C@H]3CC[C@@H]4[C@@]5(C)CC[C@H](O)C(C)(C)[C@@H]5CC[C@@]4(C)[C@@]34CO[C@@]2(C4)O1. The average molecular weight is 473 g/mol. The van der Waals surface area contributed by atoms with Gasteiger partial charge in [-0.25, -0.2) is 0 Å². The summed E-state index contributed by atoms with van der Waals surface area (Å²) < 4.78 is 13.6. The van der Waals surface area contributed by atoms with E-state index in [9.17, 15) is 10.2 Å². The number of fused-ring (bicyclic) bond motifs is 4. The second-order valence-corrected chi connectivity index (χ2v) is 15.0. The molecule has 2 heterocycles. The molecule has 192 valence electrons. The van der Waals surface area contributed by atoms with Gasteiger partial charge in [-0.1, -0.05) is 39.3 Å². The fourth-order valence-corrected chi connectivity index (χ4v) is 11.6. The van der Waals surface area contributed by atoms with E-state index in [-0.39, 0.29) is 39.8 Å². The van der Waals surface area contributed by atoms with Crippen molar-refractivity contribution in [1.29, 1.82) is 0 Å². The van der Waals surface area contributed by atoms with E-state index in [0.29, 0.717) is 24.2 Å². The van der Waals surface area contributed by atoms with Crippen LogP contribution in [0.15, 0.2) is 11.6 Å². The van der Waals surface area contributed by atoms with E-state index >= 15 is 0 Å². The number of aliphatic hydroxyl groups excluding tert-OH is 1. The molecule has 0 aromatic rings. The number of aliphatic hydroxyl groups is 2. The highest BCUT2D eigenvalue weighted by molar-refractivity contribution is 5.26. The monoisotopic (exact) mass is 472 g/mol. The Morgan fingerprint density at radius 1 is 0.941 bits per heavy atom. The summed E-state index contributed by atoms with van der Waals surface area (Å²) in [6.45, 7) is 16.9. The minimum atomic E-state index is -0.775. The molecule has 0 unspecified atom stereocenters. The van der Waals surface area contributed by atoms with E-state index < -0.39 is 11.4 Å². The highest BCUT2D eigenvalue weighted by Gasteiger charge is 2.80. The van der Waals surface area contributed by atoms with Crippen molar-refractivity contribution in [3.05, 3.63) is 11.6 Å². The summed E-state index contributed by atoms with van der Waals surface area (Å²) >= 11 is 0. The van der Waals surface area contributed by atoms with Crippen LogP contribution < -0.4 is 0 Å². The van der Waals surface area contributed by atoms with Crippen LogP contribution in [0.2, 0.25) is 0 Å². The first kappa shape index (κ1) is 23.9. The lowest BCUT2D eigenvalue weighted by Crippen LogP contribution is -2.67. The summed E-state index contributed by atoms with van der Waals surface area (Å²) in [5, 5.41) is 22.8. The number of hydrogen-bond donors (Lipinski definition) is 2. The molecule has 0 aromatic heterocycles. The van der Waals surface area contributed by atoms with Crippen LogP contribution in [-0.4, -0.2) is 40.4 Å². The zero-order chi connectivity index (χ0) is 24.5. The molecule has 0 aromatic carbocycles. The molecule has 6 fully saturated rings. The van der Waals surface area contributed by atoms with Gasteiger partial charge in [0.2, 0.25) is 0 Å². The summed E-state index contributed by atoms with van der Waals surface area (Å²) in [7, 11) is 0. The van der Waals surface area contributed by atoms with Crippen molar-refractivity contribution in [3.63, 3.8) is 0 Å². The molecule has 34 heavy (non-hydrogen) atoms. The van der Waals surface area contributed by atoms with Gasteiger partial charge < -0.3 is 19.7 Å². The van der Waals surface area contributed by atoms with E-state index in [2.05, 4.69) is 54.5 Å². The summed E-state index contributed by atoms with van der Waals surface area (Å²) in [6.07, 6.45) is 10.4. The number of rotatable bonds is 1. The third-order valence-corrected chi connectivity index (χ3v) is 12.8. The van der Waals surface area contributed by atoms with Crippen molar-refractivity contribution < 1.29 is 19.7 Å². The highest BCUT2D eigenvalue weighted by atomic mass is 16.7. The Kier molecular flexibility index (Phi) is 4.87. The molecule has 4 nitrogen and oxygen atoms in total. The molecule has 2 aliphatic heterocycles. The normalized spacial score (nSPS) is 59.4. The Labute approximate surface area is 206 Å². The number of hydrogen-bond acceptors (Lipinski definition) is 4. The molecule has 2 bridgehead atoms. The van der Waals surface area contributed by atoms with E-state index in [1.807, 2.05) is 0 Å². The molecule has 4 aliphatic carbocycles. The maximum Gasteiger partial charge on any atom is 0.175 e. The molecule has 6 rings (SSSR count). The van der Waals surface area contributed by atoms with Crippen molar-refractivity contribution in [1.82, 2.24) is 0 Å². The van der Waals surface area contributed by atoms with Crippen molar-refractivity contribution in [2.45, 2.75) is 123 Å². The molecule has 0 radical (unpaired) electrons. The van der Waals surface area contributed by atoms with Gasteiger partial charge >= 0.3 is 0 Å². The second-order valence-electron chi connectivity index (χ2n) is 15.0. The lowest BCUT2D eigenvalue weighted by molar-refractivity contribution is -0.340. The third kappa shape index (κ3) is 2.70. The zero-order valence-corrected chi connectivity index (χ0v) is 22.6. The number of ether oxygens (including phenoxy) is 2. The Bertz CT molecular complexity index is 903. The third-order valence-electron chi connectivity index (χ3n) is 12.8. The van der Waals surface area contributed by atoms with Crippen LogP contribution in [0.5, 0.6) is 0 Å². The van der Waals surface area contributed by atoms with Gasteiger partial charge in [0.15, 0.2) is 5.79 Å². The Balaban J connectivity index is 1.41. The lowest BCUT2D eigenvalue weighted by atomic mass is 9.35. The van der Waals surface area contributed by atoms with Crippen molar-refractivity contribution >= 4 is 0 Å². The standard InChI is InChI=1S/C30H48O4/c1-18(2)14-19-15-28(7,32)24-20-8-9-22-26(5)12-11-23(31)25(3,4)21(26)10-13-27(22,6)29(20)16-30(24,34-19)33-17-29/h14,19-24,31-32H,8-13,15-17H2,1-7H3/t19-,20-,21+,22-,23+,24+,26+,27-,28+,29+,30+/m1/s1. The van der Waals surface area contributed by atoms with Crippen molar-refractivity contribution in [3.8, 4) is 0 Å². The first-order chi connectivity index (χ1) is 15.7. The molecule has 2 saturated heterocycles. The Morgan fingerprint density at radius 2 is 1.68 bits per heavy atom. The van der Waals surface area contributed by atoms with Gasteiger partial charge in [-0.15, -0.1) is 0 Å². The van der Waals surface area contributed by atoms with Gasteiger partial charge in [-0.3, -0.25) is 0 Å². The zero-order valence-electron chi connectivity index (χ0n) is 22.6. The quantitative estimate of drug-likeness (QED) is 0.470. The number of allylic oxidation sites excluding steroid dienone is 1. The molecule has 4 saturated carbocycles. The van der Waals surface area contributed by atoms with Gasteiger partial charge in [0.05, 0.1) is 24.4 Å². The maximum absolute atomic E-state index is 11.9. The van der Waals surface area contributed by atoms with E-state index in [1.165, 1.54) is 31.3 Å². The summed E-state index contributed by atoms with van der Waals surface area (Å²) in [5.41, 5.74) is 0.962. The summed E-state index contributed by atoms with van der Waals surface area (Å²) in [6, 6.07) is 0. The van der Waals surface area contributed by atoms with Crippen LogP contribution in [0.4, 0.5) is 0 Å². The Hall–Kier alpha value is -0.420. The predicted molar refractivity (Wildman–Crippen MR) is 133 cm³/mol. The first-order valence-corrected chi connectivity index (χ1v) is 14.1. The fourth-order valence-electron chi connectivity index (χ4n) is 11.6. The van der Waals surface area contributed by atoms with Crippen LogP contribution in [0.25, 0.3) is 0 Å². The molecule has 0 amide bonds. The minimum Gasteiger partial charge on any atom is -0.393 e. The minimum absolute atomic E-state index is 0.0236. The van der Waals surface area contributed by atoms with Gasteiger partial charge in [-0.05, 0) is 93.3 Å². The summed E-state index contributed by atoms with van der Waals surface area (Å²) in [5.74, 6) is 1.09. The smallest absolute Gasteiger partial charge is 0.175 e. The van der Waals surface area contributed by atoms with Gasteiger partial charge in [-0.2, -0.15) is 0 Å². The van der Waals surface area contributed by atoms with Gasteiger partial charge in [0.25, 0.3) is 0 Å². The van der Waals surface area contributed by atoms with Gasteiger partial charge in [0, 0.05) is 24.2 Å². The van der Waals surface area contributed by atoms with Crippen molar-refractivity contribution in [2.24, 2.45) is 45.3 Å². The molecule has 4 heteroatoms. The molecule has 6 aliphatic rings. The van der Waals surface area contributed by atoms with E-state index in [1.54, 1.807) is 0 Å². The lowest BCUT2D eigenvalue weighted by Gasteiger charge is -2.70. The van der Waals surface area contributed by atoms with E-state index in [4.69, 9.17) is 9.47 Å². The fraction of sp³-hybridized carbons (Fsp3) is 0.933. The van der Waals surface area contributed by atoms with E-state index in [0.717, 1.165) is 25.9 Å². The molecule has 2 N–H and O–H groups in total. The van der Waals surface area contributed by atoms with Crippen LogP contribution in [0.1, 0.15) is 99.8 Å². The molecule has 11 atom stereocenters. The second kappa shape index (κ2) is 6.91. The predicted octanol–water partition coefficient (Wildman–Crippen LogP) is 5.86. The first-order valence-electron chi connectivity index (χ1n) is 14.1. The maximum atomic E-state index is 11.9. The largest absolute Gasteiger partial charge is 0.393 e. The van der Waals surface area contributed by atoms with Crippen LogP contribution in [0, 0.1) is 45.3 Å². The molecular formula is C30H48O4. The molecule has 2 spiro atoms. The highest BCUT2D eigenvalue weighted by Crippen LogP contribution is 2.80. The summed E-state index contributed by atoms with van der Waals surface area (Å²) in [4.78, 5) is 0. The Morgan fingerprint density at radius 3 is 2.38 bits per heavy atom. The molecular weight excluding hydrogens is 424 g/mol. The van der Waals surface area contributed by atoms with Crippen LogP contribution in [0.3, 0.4) is 0 Å². The van der Waals surface area contributed by atoms with Crippen molar-refractivity contribution in [2.75, 3.05) is 6.61 Å². The average Bonchev–Trinajstić information content (AvgIpc) is 3.22. The van der Waals surface area contributed by atoms with Crippen LogP contribution >= 0.6 is 0 Å².